The Morgan fingerprint density at radius 2 is 1.40 bits per heavy atom. The van der Waals surface area contributed by atoms with Gasteiger partial charge in [0.15, 0.2) is 0 Å². The Morgan fingerprint density at radius 1 is 0.550 bits per heavy atom. The van der Waals surface area contributed by atoms with Gasteiger partial charge in [-0.25, -0.2) is 0 Å². The summed E-state index contributed by atoms with van der Waals surface area (Å²) in [6.45, 7) is 0. The number of anilines is 3. The second-order valence-electron chi connectivity index (χ2n) is 10.1. The number of fused-ring (bicyclic) bond motifs is 6. The van der Waals surface area contributed by atoms with Crippen molar-refractivity contribution >= 4 is 28.5 Å². The molecule has 0 unspecified atom stereocenters. The van der Waals surface area contributed by atoms with Crippen molar-refractivity contribution in [3.63, 3.8) is 0 Å². The van der Waals surface area contributed by atoms with Crippen molar-refractivity contribution in [2.45, 2.75) is 6.42 Å². The first kappa shape index (κ1) is 22.6. The molecule has 0 bridgehead atoms. The first-order valence-corrected chi connectivity index (χ1v) is 13.5. The molecule has 0 fully saturated rings. The average Bonchev–Trinajstić information content (AvgIpc) is 3.42. The van der Waals surface area contributed by atoms with Crippen LogP contribution in [0, 0.1) is 0 Å². The van der Waals surface area contributed by atoms with Crippen LogP contribution >= 0.6 is 0 Å². The van der Waals surface area contributed by atoms with Gasteiger partial charge in [0.2, 0.25) is 0 Å². The molecular formula is C36H24N4. The molecule has 4 heteroatoms. The third kappa shape index (κ3) is 3.65. The van der Waals surface area contributed by atoms with E-state index < -0.39 is 0 Å². The van der Waals surface area contributed by atoms with E-state index in [9.17, 15) is 0 Å². The number of benzene rings is 4. The Labute approximate surface area is 233 Å². The normalized spacial score (nSPS) is 13.0. The number of nitrogens with zero attached hydrogens (tertiary/aromatic N) is 4. The fourth-order valence-corrected chi connectivity index (χ4v) is 5.88. The lowest BCUT2D eigenvalue weighted by atomic mass is 9.96. The van der Waals surface area contributed by atoms with Gasteiger partial charge < -0.3 is 4.90 Å². The number of pyridine rings is 2. The molecule has 0 saturated carbocycles. The topological polar surface area (TPSA) is 41.4 Å². The molecule has 0 saturated heterocycles. The number of hydrogen-bond acceptors (Lipinski definition) is 4. The quantitative estimate of drug-likeness (QED) is 0.237. The van der Waals surface area contributed by atoms with Crippen LogP contribution in [-0.4, -0.2) is 15.7 Å². The Morgan fingerprint density at radius 3 is 2.33 bits per heavy atom. The van der Waals surface area contributed by atoms with Crippen LogP contribution in [0.2, 0.25) is 0 Å². The van der Waals surface area contributed by atoms with Crippen molar-refractivity contribution in [1.29, 1.82) is 0 Å². The molecule has 2 aliphatic rings. The molecular weight excluding hydrogens is 488 g/mol. The Kier molecular flexibility index (Phi) is 5.17. The Hall–Kier alpha value is -5.35. The number of rotatable bonds is 3. The zero-order chi connectivity index (χ0) is 26.5. The van der Waals surface area contributed by atoms with Gasteiger partial charge in [0, 0.05) is 46.8 Å². The van der Waals surface area contributed by atoms with Gasteiger partial charge in [0.05, 0.1) is 34.2 Å². The van der Waals surface area contributed by atoms with Gasteiger partial charge in [-0.3, -0.25) is 15.0 Å². The smallest absolute Gasteiger partial charge is 0.0802 e. The third-order valence-corrected chi connectivity index (χ3v) is 7.74. The SMILES string of the molecule is c1ccc(-c2cccc(N3c4cc(C5=Nc6ccccc6C5)ccc4-c4cccnc4-c4ccccc43)c2)nc1. The van der Waals surface area contributed by atoms with Crippen LogP contribution in [0.5, 0.6) is 0 Å². The molecule has 0 radical (unpaired) electrons. The van der Waals surface area contributed by atoms with E-state index in [2.05, 4.69) is 113 Å². The van der Waals surface area contributed by atoms with Crippen molar-refractivity contribution in [1.82, 2.24) is 9.97 Å². The second-order valence-corrected chi connectivity index (χ2v) is 10.1. The predicted octanol–water partition coefficient (Wildman–Crippen LogP) is 8.94. The van der Waals surface area contributed by atoms with Gasteiger partial charge in [-0.1, -0.05) is 72.8 Å². The van der Waals surface area contributed by atoms with Crippen LogP contribution < -0.4 is 4.90 Å². The summed E-state index contributed by atoms with van der Waals surface area (Å²) in [4.78, 5) is 16.9. The van der Waals surface area contributed by atoms with Crippen molar-refractivity contribution < 1.29 is 0 Å². The maximum atomic E-state index is 5.01. The van der Waals surface area contributed by atoms with Gasteiger partial charge in [-0.2, -0.15) is 0 Å². The molecule has 2 aliphatic heterocycles. The molecule has 0 spiro atoms. The molecule has 6 aromatic rings. The zero-order valence-electron chi connectivity index (χ0n) is 21.7. The molecule has 0 N–H and O–H groups in total. The van der Waals surface area contributed by atoms with Crippen molar-refractivity contribution in [3.8, 4) is 33.6 Å². The van der Waals surface area contributed by atoms with Crippen LogP contribution in [0.1, 0.15) is 11.1 Å². The fourth-order valence-electron chi connectivity index (χ4n) is 5.88. The molecule has 4 nitrogen and oxygen atoms in total. The summed E-state index contributed by atoms with van der Waals surface area (Å²) in [5.74, 6) is 0. The summed E-state index contributed by atoms with van der Waals surface area (Å²) in [5.41, 5.74) is 14.2. The maximum absolute atomic E-state index is 5.01. The number of para-hydroxylation sites is 2. The summed E-state index contributed by atoms with van der Waals surface area (Å²) in [6.07, 6.45) is 4.55. The predicted molar refractivity (Wildman–Crippen MR) is 163 cm³/mol. The summed E-state index contributed by atoms with van der Waals surface area (Å²) in [6, 6.07) is 42.5. The largest absolute Gasteiger partial charge is 0.309 e. The summed E-state index contributed by atoms with van der Waals surface area (Å²) >= 11 is 0. The summed E-state index contributed by atoms with van der Waals surface area (Å²) in [7, 11) is 0. The summed E-state index contributed by atoms with van der Waals surface area (Å²) < 4.78 is 0. The first-order valence-electron chi connectivity index (χ1n) is 13.5. The van der Waals surface area contributed by atoms with Gasteiger partial charge in [-0.05, 0) is 59.7 Å². The standard InChI is InChI=1S/C36H24N4/c1-3-15-32-25(9-1)22-33(39-32)26-17-18-28-29-13-8-20-38-36(29)30-12-2-4-16-34(30)40(35(28)23-26)27-11-7-10-24(21-27)31-14-5-6-19-37-31/h1-21,23H,22H2. The highest BCUT2D eigenvalue weighted by molar-refractivity contribution is 6.09. The van der Waals surface area contributed by atoms with Crippen LogP contribution in [0.15, 0.2) is 139 Å². The highest BCUT2D eigenvalue weighted by Crippen LogP contribution is 2.50. The minimum atomic E-state index is 0.832. The summed E-state index contributed by atoms with van der Waals surface area (Å²) in [5, 5.41) is 0. The van der Waals surface area contributed by atoms with E-state index in [0.717, 1.165) is 74.1 Å². The van der Waals surface area contributed by atoms with Gasteiger partial charge >= 0.3 is 0 Å². The highest BCUT2D eigenvalue weighted by atomic mass is 15.2. The molecule has 4 heterocycles. The van der Waals surface area contributed by atoms with Crippen LogP contribution in [0.3, 0.4) is 0 Å². The molecule has 8 rings (SSSR count). The van der Waals surface area contributed by atoms with Gasteiger partial charge in [0.1, 0.15) is 0 Å². The fraction of sp³-hybridized carbons (Fsp3) is 0.0278. The van der Waals surface area contributed by atoms with Crippen molar-refractivity contribution in [2.24, 2.45) is 4.99 Å². The first-order chi connectivity index (χ1) is 19.8. The molecule has 188 valence electrons. The van der Waals surface area contributed by atoms with Crippen molar-refractivity contribution in [2.75, 3.05) is 4.90 Å². The lowest BCUT2D eigenvalue weighted by Gasteiger charge is -2.28. The molecule has 0 amide bonds. The minimum Gasteiger partial charge on any atom is -0.309 e. The number of aromatic nitrogens is 2. The number of aliphatic imine (C=N–C) groups is 1. The van der Waals surface area contributed by atoms with E-state index in [1.165, 1.54) is 5.56 Å². The van der Waals surface area contributed by atoms with Gasteiger partial charge in [0.25, 0.3) is 0 Å². The molecule has 40 heavy (non-hydrogen) atoms. The van der Waals surface area contributed by atoms with E-state index in [0.29, 0.717) is 0 Å². The highest BCUT2D eigenvalue weighted by Gasteiger charge is 2.28. The monoisotopic (exact) mass is 512 g/mol. The minimum absolute atomic E-state index is 0.832. The lowest BCUT2D eigenvalue weighted by molar-refractivity contribution is 1.27. The zero-order valence-corrected chi connectivity index (χ0v) is 21.7. The van der Waals surface area contributed by atoms with Gasteiger partial charge in [-0.15, -0.1) is 0 Å². The Balaban J connectivity index is 1.37. The van der Waals surface area contributed by atoms with Crippen LogP contribution in [-0.2, 0) is 6.42 Å². The Bertz CT molecular complexity index is 1940. The second kappa shape index (κ2) is 9.14. The van der Waals surface area contributed by atoms with E-state index in [1.54, 1.807) is 0 Å². The molecule has 2 aromatic heterocycles. The molecule has 0 aliphatic carbocycles. The molecule has 4 aromatic carbocycles. The average molecular weight is 513 g/mol. The van der Waals surface area contributed by atoms with E-state index in [4.69, 9.17) is 9.98 Å². The van der Waals surface area contributed by atoms with E-state index in [-0.39, 0.29) is 0 Å². The van der Waals surface area contributed by atoms with E-state index >= 15 is 0 Å². The third-order valence-electron chi connectivity index (χ3n) is 7.74. The van der Waals surface area contributed by atoms with E-state index in [1.807, 2.05) is 30.6 Å². The van der Waals surface area contributed by atoms with Crippen molar-refractivity contribution in [3.05, 3.63) is 145 Å². The van der Waals surface area contributed by atoms with Crippen LogP contribution in [0.25, 0.3) is 33.6 Å². The maximum Gasteiger partial charge on any atom is 0.0802 e. The molecule has 0 atom stereocenters. The number of hydrogen-bond donors (Lipinski definition) is 0. The lowest BCUT2D eigenvalue weighted by Crippen LogP contribution is -2.12. The van der Waals surface area contributed by atoms with Crippen LogP contribution in [0.4, 0.5) is 22.7 Å².